The van der Waals surface area contributed by atoms with Crippen molar-refractivity contribution in [1.82, 2.24) is 9.97 Å². The molecule has 1 N–H and O–H groups in total. The second-order valence-corrected chi connectivity index (χ2v) is 10.3. The summed E-state index contributed by atoms with van der Waals surface area (Å²) in [6.07, 6.45) is -3.38. The van der Waals surface area contributed by atoms with Crippen LogP contribution in [0.2, 0.25) is 15.1 Å². The number of amides is 1. The molecule has 1 fully saturated rings. The van der Waals surface area contributed by atoms with Gasteiger partial charge in [-0.3, -0.25) is 4.79 Å². The molecule has 10 heteroatoms. The van der Waals surface area contributed by atoms with E-state index in [2.05, 4.69) is 5.32 Å². The number of alkyl halides is 3. The predicted molar refractivity (Wildman–Crippen MR) is 122 cm³/mol. The number of fused-ring (bicyclic) bond motifs is 6. The largest absolute Gasteiger partial charge is 0.416 e. The maximum absolute atomic E-state index is 13.8. The van der Waals surface area contributed by atoms with Crippen LogP contribution in [0.4, 0.5) is 18.9 Å². The van der Waals surface area contributed by atoms with Crippen LogP contribution in [0.25, 0.3) is 11.0 Å². The van der Waals surface area contributed by atoms with E-state index >= 15 is 0 Å². The molecule has 1 saturated carbocycles. The Balaban J connectivity index is 1.64. The fraction of sp³-hybridized carbons (Fsp3) is 0.348. The quantitative estimate of drug-likeness (QED) is 0.388. The van der Waals surface area contributed by atoms with E-state index in [1.54, 1.807) is 12.1 Å². The molecule has 1 aromatic heterocycles. The summed E-state index contributed by atoms with van der Waals surface area (Å²) in [6, 6.07) is 6.09. The highest BCUT2D eigenvalue weighted by Gasteiger charge is 2.68. The van der Waals surface area contributed by atoms with Crippen LogP contribution in [0.15, 0.2) is 30.3 Å². The van der Waals surface area contributed by atoms with Crippen molar-refractivity contribution < 1.29 is 18.0 Å². The highest BCUT2D eigenvalue weighted by Crippen LogP contribution is 2.67. The van der Waals surface area contributed by atoms with E-state index in [0.717, 1.165) is 18.2 Å². The van der Waals surface area contributed by atoms with Crippen molar-refractivity contribution in [1.29, 1.82) is 0 Å². The summed E-state index contributed by atoms with van der Waals surface area (Å²) in [5.41, 5.74) is -0.345. The van der Waals surface area contributed by atoms with Crippen molar-refractivity contribution in [2.45, 2.75) is 44.2 Å². The molecule has 2 aliphatic rings. The van der Waals surface area contributed by atoms with Crippen molar-refractivity contribution in [3.63, 3.8) is 0 Å². The molecule has 1 amide bonds. The van der Waals surface area contributed by atoms with Crippen molar-refractivity contribution in [2.24, 2.45) is 5.41 Å². The van der Waals surface area contributed by atoms with Gasteiger partial charge in [-0.1, -0.05) is 48.7 Å². The molecule has 5 rings (SSSR count). The first-order valence-corrected chi connectivity index (χ1v) is 11.3. The summed E-state index contributed by atoms with van der Waals surface area (Å²) < 4.78 is 39.7. The second-order valence-electron chi connectivity index (χ2n) is 9.08. The van der Waals surface area contributed by atoms with E-state index in [1.807, 2.05) is 13.8 Å². The molecule has 0 saturated heterocycles. The van der Waals surface area contributed by atoms with Gasteiger partial charge in [-0.2, -0.15) is 13.2 Å². The molecule has 2 aromatic carbocycles. The molecule has 4 nitrogen and oxygen atoms in total. The van der Waals surface area contributed by atoms with E-state index < -0.39 is 28.5 Å². The predicted octanol–water partition coefficient (Wildman–Crippen LogP) is 7.40. The minimum Gasteiger partial charge on any atom is -0.324 e. The smallest absolute Gasteiger partial charge is 0.324 e. The average molecular weight is 515 g/mol. The van der Waals surface area contributed by atoms with Crippen molar-refractivity contribution in [3.05, 3.63) is 62.4 Å². The number of carbonyl (C=O) groups excluding carboxylic acids is 1. The summed E-state index contributed by atoms with van der Waals surface area (Å²) in [5, 5.41) is 3.35. The second kappa shape index (κ2) is 7.20. The van der Waals surface area contributed by atoms with E-state index in [4.69, 9.17) is 44.8 Å². The maximum Gasteiger partial charge on any atom is 0.416 e. The number of carbonyl (C=O) groups is 1. The lowest BCUT2D eigenvalue weighted by Crippen LogP contribution is -2.46. The Morgan fingerprint density at radius 3 is 2.30 bits per heavy atom. The molecular formula is C23H17Cl3F3N3O. The van der Waals surface area contributed by atoms with Gasteiger partial charge in [-0.05, 0) is 48.6 Å². The molecule has 2 bridgehead atoms. The van der Waals surface area contributed by atoms with Gasteiger partial charge in [0.25, 0.3) is 0 Å². The van der Waals surface area contributed by atoms with Gasteiger partial charge in [0.2, 0.25) is 5.91 Å². The minimum absolute atomic E-state index is 0.0179. The Hall–Kier alpha value is -2.09. The van der Waals surface area contributed by atoms with Crippen LogP contribution in [0.1, 0.15) is 49.6 Å². The number of hydrogen-bond donors (Lipinski definition) is 1. The van der Waals surface area contributed by atoms with Gasteiger partial charge in [0.15, 0.2) is 0 Å². The Morgan fingerprint density at radius 1 is 1.03 bits per heavy atom. The van der Waals surface area contributed by atoms with Crippen molar-refractivity contribution >= 4 is 57.4 Å². The lowest BCUT2D eigenvalue weighted by atomic mass is 9.67. The van der Waals surface area contributed by atoms with Gasteiger partial charge in [-0.25, -0.2) is 9.97 Å². The first-order chi connectivity index (χ1) is 15.4. The van der Waals surface area contributed by atoms with Crippen LogP contribution in [0, 0.1) is 5.41 Å². The Morgan fingerprint density at radius 2 is 1.67 bits per heavy atom. The molecule has 33 heavy (non-hydrogen) atoms. The molecule has 2 atom stereocenters. The topological polar surface area (TPSA) is 54.9 Å². The third-order valence-corrected chi connectivity index (χ3v) is 8.23. The van der Waals surface area contributed by atoms with E-state index in [9.17, 15) is 18.0 Å². The van der Waals surface area contributed by atoms with E-state index in [1.165, 1.54) is 0 Å². The van der Waals surface area contributed by atoms with Crippen LogP contribution in [-0.2, 0) is 16.4 Å². The SMILES string of the molecule is CC1(C)C2CCC1(C(=O)Nc1cc(C(F)(F)F)ccc1Cl)c1nc3cc(Cl)c(Cl)cc3nc12. The summed E-state index contributed by atoms with van der Waals surface area (Å²) >= 11 is 18.4. The highest BCUT2D eigenvalue weighted by atomic mass is 35.5. The number of halogens is 6. The number of anilines is 1. The van der Waals surface area contributed by atoms with Crippen LogP contribution in [0.5, 0.6) is 0 Å². The third kappa shape index (κ3) is 3.16. The van der Waals surface area contributed by atoms with Gasteiger partial charge in [-0.15, -0.1) is 0 Å². The molecule has 0 aliphatic heterocycles. The number of nitrogens with one attached hydrogen (secondary N) is 1. The van der Waals surface area contributed by atoms with Gasteiger partial charge in [0.1, 0.15) is 0 Å². The maximum atomic E-state index is 13.8. The lowest BCUT2D eigenvalue weighted by Gasteiger charge is -2.36. The fourth-order valence-corrected chi connectivity index (χ4v) is 5.89. The molecule has 2 aliphatic carbocycles. The van der Waals surface area contributed by atoms with Crippen molar-refractivity contribution in [2.75, 3.05) is 5.32 Å². The normalized spacial score (nSPS) is 23.1. The number of aromatic nitrogens is 2. The molecule has 3 aromatic rings. The Bertz CT molecular complexity index is 1340. The van der Waals surface area contributed by atoms with Crippen LogP contribution >= 0.6 is 34.8 Å². The monoisotopic (exact) mass is 513 g/mol. The van der Waals surface area contributed by atoms with Crippen LogP contribution < -0.4 is 5.32 Å². The van der Waals surface area contributed by atoms with Gasteiger partial charge in [0, 0.05) is 5.92 Å². The molecule has 1 heterocycles. The highest BCUT2D eigenvalue weighted by molar-refractivity contribution is 6.42. The average Bonchev–Trinajstić information content (AvgIpc) is 3.09. The summed E-state index contributed by atoms with van der Waals surface area (Å²) in [5.74, 6) is -0.495. The Kier molecular flexibility index (Phi) is 4.95. The van der Waals surface area contributed by atoms with E-state index in [0.29, 0.717) is 45.3 Å². The Labute approximate surface area is 202 Å². The number of nitrogens with zero attached hydrogens (tertiary/aromatic N) is 2. The molecule has 0 radical (unpaired) electrons. The zero-order chi connectivity index (χ0) is 23.9. The zero-order valence-corrected chi connectivity index (χ0v) is 19.7. The van der Waals surface area contributed by atoms with Crippen LogP contribution in [0.3, 0.4) is 0 Å². The van der Waals surface area contributed by atoms with Gasteiger partial charge >= 0.3 is 6.18 Å². The number of rotatable bonds is 2. The standard InChI is InChI=1S/C23H17Cl3F3N3O/c1-21(2)11-5-6-22(21,19-18(11)30-16-8-13(25)14(26)9-17(16)31-19)20(33)32-15-7-10(23(27,28)29)3-4-12(15)24/h3-4,7-9,11H,5-6H2,1-2H3,(H,32,33). The molecule has 0 spiro atoms. The van der Waals surface area contributed by atoms with Crippen molar-refractivity contribution in [3.8, 4) is 0 Å². The molecule has 172 valence electrons. The van der Waals surface area contributed by atoms with Gasteiger partial charge < -0.3 is 5.32 Å². The number of hydrogen-bond acceptors (Lipinski definition) is 3. The summed E-state index contributed by atoms with van der Waals surface area (Å²) in [6.45, 7) is 3.93. The van der Waals surface area contributed by atoms with Gasteiger partial charge in [0.05, 0.1) is 54.2 Å². The first kappa shape index (κ1) is 22.7. The lowest BCUT2D eigenvalue weighted by molar-refractivity contribution is -0.137. The first-order valence-electron chi connectivity index (χ1n) is 10.2. The fourth-order valence-electron chi connectivity index (χ4n) is 5.41. The summed E-state index contributed by atoms with van der Waals surface area (Å²) in [4.78, 5) is 23.3. The summed E-state index contributed by atoms with van der Waals surface area (Å²) in [7, 11) is 0. The van der Waals surface area contributed by atoms with Crippen LogP contribution in [-0.4, -0.2) is 15.9 Å². The molecule has 2 unspecified atom stereocenters. The third-order valence-electron chi connectivity index (χ3n) is 7.18. The zero-order valence-electron chi connectivity index (χ0n) is 17.4. The minimum atomic E-state index is -4.56. The number of benzene rings is 2. The van der Waals surface area contributed by atoms with E-state index in [-0.39, 0.29) is 16.6 Å². The molecular weight excluding hydrogens is 498 g/mol.